The number of phosphoric acid groups is 2. The number of unbranched alkanes of at least 4 members (excludes halogenated alkanes) is 16. The summed E-state index contributed by atoms with van der Waals surface area (Å²) in [5.74, 6) is -2.42. The number of phosphoric ester groups is 2. The van der Waals surface area contributed by atoms with Crippen LogP contribution in [0.5, 0.6) is 0 Å². The van der Waals surface area contributed by atoms with Gasteiger partial charge in [-0.15, -0.1) is 0 Å². The summed E-state index contributed by atoms with van der Waals surface area (Å²) in [6.07, 6.45) is 97.2. The summed E-state index contributed by atoms with van der Waals surface area (Å²) in [6, 6.07) is 0. The van der Waals surface area contributed by atoms with E-state index >= 15 is 0 Å². The number of carbonyl (C=O) groups is 4. The van der Waals surface area contributed by atoms with E-state index in [1.165, 1.54) is 38.5 Å². The van der Waals surface area contributed by atoms with Crippen LogP contribution in [-0.2, 0) is 65.4 Å². The van der Waals surface area contributed by atoms with Gasteiger partial charge in [0.05, 0.1) is 26.4 Å². The first-order valence-electron chi connectivity index (χ1n) is 40.7. The molecule has 0 heterocycles. The van der Waals surface area contributed by atoms with Crippen LogP contribution in [-0.4, -0.2) is 96.7 Å². The molecule has 0 radical (unpaired) electrons. The molecule has 17 nitrogen and oxygen atoms in total. The smallest absolute Gasteiger partial charge is 0.462 e. The average molecular weight is 1550 g/mol. The lowest BCUT2D eigenvalue weighted by molar-refractivity contribution is -0.161. The number of esters is 4. The molecule has 108 heavy (non-hydrogen) atoms. The van der Waals surface area contributed by atoms with Crippen molar-refractivity contribution in [3.05, 3.63) is 194 Å². The Labute approximate surface area is 653 Å². The third kappa shape index (κ3) is 78.0. The van der Waals surface area contributed by atoms with Gasteiger partial charge in [0.25, 0.3) is 0 Å². The molecule has 0 saturated heterocycles. The Bertz CT molecular complexity index is 2810. The zero-order chi connectivity index (χ0) is 78.9. The first kappa shape index (κ1) is 102. The van der Waals surface area contributed by atoms with Crippen molar-refractivity contribution in [2.24, 2.45) is 0 Å². The zero-order valence-electron chi connectivity index (χ0n) is 66.7. The van der Waals surface area contributed by atoms with Gasteiger partial charge < -0.3 is 33.8 Å². The first-order valence-corrected chi connectivity index (χ1v) is 43.7. The van der Waals surface area contributed by atoms with Crippen LogP contribution >= 0.6 is 15.6 Å². The predicted molar refractivity (Wildman–Crippen MR) is 445 cm³/mol. The molecule has 0 saturated carbocycles. The topological polar surface area (TPSA) is 237 Å². The Kier molecular flexibility index (Phi) is 74.5. The van der Waals surface area contributed by atoms with E-state index < -0.39 is 97.5 Å². The Balaban J connectivity index is 5.55. The van der Waals surface area contributed by atoms with Gasteiger partial charge >= 0.3 is 39.5 Å². The maximum absolute atomic E-state index is 13.1. The predicted octanol–water partition coefficient (Wildman–Crippen LogP) is 24.1. The van der Waals surface area contributed by atoms with Crippen molar-refractivity contribution in [1.29, 1.82) is 0 Å². The largest absolute Gasteiger partial charge is 0.472 e. The highest BCUT2D eigenvalue weighted by Gasteiger charge is 2.30. The van der Waals surface area contributed by atoms with Gasteiger partial charge in [-0.2, -0.15) is 0 Å². The Morgan fingerprint density at radius 3 is 0.824 bits per heavy atom. The van der Waals surface area contributed by atoms with Crippen LogP contribution in [0, 0.1) is 0 Å². The minimum absolute atomic E-state index is 0.0119. The minimum Gasteiger partial charge on any atom is -0.462 e. The number of aliphatic hydroxyl groups is 1. The van der Waals surface area contributed by atoms with Crippen LogP contribution in [0.4, 0.5) is 0 Å². The van der Waals surface area contributed by atoms with Gasteiger partial charge in [-0.25, -0.2) is 9.13 Å². The molecule has 0 aliphatic heterocycles. The van der Waals surface area contributed by atoms with Gasteiger partial charge in [-0.1, -0.05) is 293 Å². The van der Waals surface area contributed by atoms with E-state index in [9.17, 15) is 43.2 Å². The summed E-state index contributed by atoms with van der Waals surface area (Å²) in [5, 5.41) is 10.7. The van der Waals surface area contributed by atoms with Crippen molar-refractivity contribution in [2.45, 2.75) is 303 Å². The number of allylic oxidation sites excluding steroid dienone is 32. The van der Waals surface area contributed by atoms with Gasteiger partial charge in [-0.05, 0) is 161 Å². The van der Waals surface area contributed by atoms with E-state index in [1.54, 1.807) is 0 Å². The molecule has 0 bridgehead atoms. The maximum Gasteiger partial charge on any atom is 0.472 e. The van der Waals surface area contributed by atoms with Crippen molar-refractivity contribution >= 4 is 39.5 Å². The molecule has 0 amide bonds. The third-order valence-corrected chi connectivity index (χ3v) is 18.0. The van der Waals surface area contributed by atoms with E-state index in [4.69, 9.17) is 37.0 Å². The van der Waals surface area contributed by atoms with Crippen molar-refractivity contribution in [1.82, 2.24) is 0 Å². The van der Waals surface area contributed by atoms with Gasteiger partial charge in [0, 0.05) is 25.7 Å². The summed E-state index contributed by atoms with van der Waals surface area (Å²) in [5.41, 5.74) is 0. The molecule has 5 unspecified atom stereocenters. The molecule has 0 aliphatic carbocycles. The van der Waals surface area contributed by atoms with Gasteiger partial charge in [0.1, 0.15) is 19.3 Å². The standard InChI is InChI=1S/C89H142O17P2/c1-5-9-13-17-21-25-29-33-37-39-41-43-47-50-54-58-62-66-70-74-87(92)100-80-85(106-89(94)76-72-68-64-60-56-52-48-44-42-40-38-34-30-26-22-18-14-10-6-2)82-104-108(97,98)102-78-83(90)77-101-107(95,96)103-81-84(105-88(93)75-71-67-63-59-55-51-46-36-32-28-24-20-16-12-8-4)79-99-86(91)73-69-65-61-57-53-49-45-35-31-27-23-19-15-11-7-3/h9-11,13-15,21-23,25-27,33-38,41-46,50,52,54,56,62,64,66,68,83-85,90H,5-8,12,16-20,24,28-32,39-40,47-49,51,53,55,57-61,63,65,67,69-82H2,1-4H3,(H,95,96)(H,97,98)/b13-9-,14-10-,15-11-,25-21-,26-22-,27-23-,37-33-,38-34-,43-41-,44-42-,45-35-,46-36-,54-50-,56-52-,66-62-,68-64-. The van der Waals surface area contributed by atoms with Crippen LogP contribution in [0.1, 0.15) is 285 Å². The van der Waals surface area contributed by atoms with Gasteiger partial charge in [0.2, 0.25) is 0 Å². The maximum atomic E-state index is 13.1. The SMILES string of the molecule is CC/C=C\C/C=C\C/C=C\C/C=C\C/C=C\C/C=C\CCC(=O)OCC(COP(=O)(O)OCC(O)COP(=O)(O)OCC(COC(=O)CCCCCCC/C=C\C/C=C\C/C=C\CC)OC(=O)CCCCCCC/C=C\CCCCCCCC)OC(=O)CC/C=C\C/C=C\C/C=C\C/C=C\C/C=C\C/C=C\CC. The lowest BCUT2D eigenvalue weighted by Gasteiger charge is -2.21. The fraction of sp³-hybridized carbons (Fsp3) is 0.596. The average Bonchev–Trinajstić information content (AvgIpc) is 0.896. The summed E-state index contributed by atoms with van der Waals surface area (Å²) in [4.78, 5) is 73.1. The monoisotopic (exact) mass is 1540 g/mol. The first-order chi connectivity index (χ1) is 52.7. The fourth-order valence-electron chi connectivity index (χ4n) is 9.99. The molecule has 0 aromatic carbocycles. The summed E-state index contributed by atoms with van der Waals surface area (Å²) in [6.45, 7) is 4.31. The minimum atomic E-state index is -5.03. The Hall–Kier alpha value is -6.10. The van der Waals surface area contributed by atoms with Crippen molar-refractivity contribution in [3.63, 3.8) is 0 Å². The van der Waals surface area contributed by atoms with Gasteiger partial charge in [0.15, 0.2) is 12.2 Å². The molecule has 5 atom stereocenters. The van der Waals surface area contributed by atoms with E-state index in [0.29, 0.717) is 38.5 Å². The highest BCUT2D eigenvalue weighted by Crippen LogP contribution is 2.45. The lowest BCUT2D eigenvalue weighted by Crippen LogP contribution is -2.30. The normalized spacial score (nSPS) is 14.8. The molecular weight excluding hydrogens is 1400 g/mol. The van der Waals surface area contributed by atoms with Crippen LogP contribution in [0.3, 0.4) is 0 Å². The molecule has 0 spiro atoms. The second-order valence-electron chi connectivity index (χ2n) is 26.2. The number of ether oxygens (including phenoxy) is 4. The molecule has 0 aromatic heterocycles. The molecular formula is C89H142O17P2. The molecule has 3 N–H and O–H groups in total. The van der Waals surface area contributed by atoms with Crippen LogP contribution in [0.25, 0.3) is 0 Å². The summed E-state index contributed by atoms with van der Waals surface area (Å²) < 4.78 is 68.5. The molecule has 0 fully saturated rings. The van der Waals surface area contributed by atoms with E-state index in [1.807, 2.05) is 36.5 Å². The Morgan fingerprint density at radius 1 is 0.269 bits per heavy atom. The molecule has 0 aromatic rings. The number of rotatable bonds is 74. The van der Waals surface area contributed by atoms with Gasteiger partial charge in [-0.3, -0.25) is 37.3 Å². The second kappa shape index (κ2) is 79.0. The van der Waals surface area contributed by atoms with Crippen LogP contribution in [0.2, 0.25) is 0 Å². The van der Waals surface area contributed by atoms with E-state index in [2.05, 4.69) is 186 Å². The highest BCUT2D eigenvalue weighted by molar-refractivity contribution is 7.47. The molecule has 0 aliphatic rings. The summed E-state index contributed by atoms with van der Waals surface area (Å²) in [7, 11) is -10.0. The second-order valence-corrected chi connectivity index (χ2v) is 29.1. The van der Waals surface area contributed by atoms with Crippen molar-refractivity contribution in [2.75, 3.05) is 39.6 Å². The fourth-order valence-corrected chi connectivity index (χ4v) is 11.6. The number of hydrogen-bond donors (Lipinski definition) is 3. The quantitative estimate of drug-likeness (QED) is 0.0169. The third-order valence-electron chi connectivity index (χ3n) is 16.1. The molecule has 610 valence electrons. The van der Waals surface area contributed by atoms with E-state index in [0.717, 1.165) is 154 Å². The number of aliphatic hydroxyl groups excluding tert-OH is 1. The van der Waals surface area contributed by atoms with Crippen molar-refractivity contribution in [3.8, 4) is 0 Å². The summed E-state index contributed by atoms with van der Waals surface area (Å²) >= 11 is 0. The zero-order valence-corrected chi connectivity index (χ0v) is 68.5. The molecule has 19 heteroatoms. The highest BCUT2D eigenvalue weighted by atomic mass is 31.2. The van der Waals surface area contributed by atoms with Crippen LogP contribution < -0.4 is 0 Å². The Morgan fingerprint density at radius 2 is 0.500 bits per heavy atom. The van der Waals surface area contributed by atoms with Crippen LogP contribution in [0.15, 0.2) is 194 Å². The molecule has 0 rings (SSSR count). The lowest BCUT2D eigenvalue weighted by atomic mass is 10.1. The van der Waals surface area contributed by atoms with E-state index in [-0.39, 0.29) is 25.7 Å². The van der Waals surface area contributed by atoms with Crippen molar-refractivity contribution < 1.29 is 80.2 Å². The number of hydrogen-bond acceptors (Lipinski definition) is 15. The number of carbonyl (C=O) groups excluding carboxylic acids is 4.